The van der Waals surface area contributed by atoms with E-state index in [1.165, 1.54) is 12.1 Å². The maximum atomic E-state index is 10.5. The number of hydrogen-bond acceptors (Lipinski definition) is 2. The SMILES string of the molecule is Cc1ccc(S(=O)(=O)O)cc1.F[B-](F)(F)F.F[B-](F)(F)F.F[B-](F)(F)F.[H-].[Li+]. The molecular formula is C7H9B3F12LiO3S-3. The average molecular weight is 441 g/mol. The summed E-state index contributed by atoms with van der Waals surface area (Å²) in [5.74, 6) is 0. The molecule has 0 aromatic heterocycles. The quantitative estimate of drug-likeness (QED) is 0.414. The van der Waals surface area contributed by atoms with Gasteiger partial charge >= 0.3 is 40.6 Å². The van der Waals surface area contributed by atoms with E-state index in [-0.39, 0.29) is 25.2 Å². The van der Waals surface area contributed by atoms with Crippen LogP contribution in [0.25, 0.3) is 0 Å². The molecule has 0 radical (unpaired) electrons. The van der Waals surface area contributed by atoms with E-state index in [9.17, 15) is 60.2 Å². The van der Waals surface area contributed by atoms with Crippen LogP contribution in [0.1, 0.15) is 6.99 Å². The van der Waals surface area contributed by atoms with Crippen molar-refractivity contribution in [1.29, 1.82) is 0 Å². The Kier molecular flexibility index (Phi) is 16.6. The summed E-state index contributed by atoms with van der Waals surface area (Å²) in [5, 5.41) is 0. The number of hydrogen-bond donors (Lipinski definition) is 1. The van der Waals surface area contributed by atoms with Crippen LogP contribution < -0.4 is 18.9 Å². The number of halogens is 12. The normalized spacial score (nSPS) is 11.3. The van der Waals surface area contributed by atoms with Crippen LogP contribution in [0.5, 0.6) is 0 Å². The molecule has 0 fully saturated rings. The Bertz CT molecular complexity index is 560. The summed E-state index contributed by atoms with van der Waals surface area (Å²) in [4.78, 5) is -0.0666. The van der Waals surface area contributed by atoms with Gasteiger partial charge in [-0.3, -0.25) is 4.55 Å². The first-order valence-corrected chi connectivity index (χ1v) is 7.10. The molecule has 0 unspecified atom stereocenters. The fourth-order valence-corrected chi connectivity index (χ4v) is 1.19. The first kappa shape index (κ1) is 33.7. The summed E-state index contributed by atoms with van der Waals surface area (Å²) in [6.45, 7) is 1.84. The van der Waals surface area contributed by atoms with Crippen molar-refractivity contribution in [3.8, 4) is 0 Å². The molecule has 0 amide bonds. The van der Waals surface area contributed by atoms with Crippen molar-refractivity contribution in [1.82, 2.24) is 0 Å². The minimum Gasteiger partial charge on any atom is -1.00 e. The van der Waals surface area contributed by atoms with Crippen LogP contribution in [-0.2, 0) is 10.1 Å². The summed E-state index contributed by atoms with van der Waals surface area (Å²) in [6, 6.07) is 5.99. The number of aryl methyl sites for hydroxylation is 1. The molecule has 0 spiro atoms. The summed E-state index contributed by atoms with van der Waals surface area (Å²) in [6.07, 6.45) is 0. The molecule has 0 atom stereocenters. The molecule has 0 heterocycles. The molecule has 3 nitrogen and oxygen atoms in total. The molecule has 0 saturated heterocycles. The molecule has 1 N–H and O–H groups in total. The summed E-state index contributed by atoms with van der Waals surface area (Å²) >= 11 is 0. The Morgan fingerprint density at radius 3 is 1.04 bits per heavy atom. The van der Waals surface area contributed by atoms with E-state index in [0.29, 0.717) is 0 Å². The maximum absolute atomic E-state index is 10.5. The van der Waals surface area contributed by atoms with E-state index in [2.05, 4.69) is 0 Å². The molecule has 20 heteroatoms. The second kappa shape index (κ2) is 13.3. The van der Waals surface area contributed by atoms with Crippen molar-refractivity contribution in [3.63, 3.8) is 0 Å². The first-order valence-electron chi connectivity index (χ1n) is 5.66. The second-order valence-electron chi connectivity index (χ2n) is 3.77. The van der Waals surface area contributed by atoms with Crippen LogP contribution in [-0.4, -0.2) is 34.7 Å². The van der Waals surface area contributed by atoms with Crippen LogP contribution in [0.4, 0.5) is 51.8 Å². The zero-order valence-corrected chi connectivity index (χ0v) is 14.1. The molecule has 0 aliphatic heterocycles. The monoisotopic (exact) mass is 441 g/mol. The summed E-state index contributed by atoms with van der Waals surface area (Å²) in [5.41, 5.74) is 0.956. The number of rotatable bonds is 1. The maximum Gasteiger partial charge on any atom is 1.00 e. The van der Waals surface area contributed by atoms with E-state index in [1.807, 2.05) is 6.92 Å². The van der Waals surface area contributed by atoms with Gasteiger partial charge < -0.3 is 53.2 Å². The molecule has 0 aliphatic carbocycles. The van der Waals surface area contributed by atoms with Gasteiger partial charge in [0.25, 0.3) is 10.1 Å². The molecule has 1 aromatic carbocycles. The molecule has 0 saturated carbocycles. The van der Waals surface area contributed by atoms with Crippen LogP contribution >= 0.6 is 0 Å². The van der Waals surface area contributed by atoms with Crippen molar-refractivity contribution in [2.75, 3.05) is 0 Å². The van der Waals surface area contributed by atoms with E-state index in [0.717, 1.165) is 5.56 Å². The van der Waals surface area contributed by atoms with Crippen molar-refractivity contribution in [2.45, 2.75) is 11.8 Å². The third kappa shape index (κ3) is 58.7. The molecule has 0 bridgehead atoms. The average Bonchev–Trinajstić information content (AvgIpc) is 2.20. The predicted molar refractivity (Wildman–Crippen MR) is 72.7 cm³/mol. The van der Waals surface area contributed by atoms with Gasteiger partial charge in [-0.15, -0.1) is 0 Å². The van der Waals surface area contributed by atoms with Crippen molar-refractivity contribution in [2.24, 2.45) is 0 Å². The van der Waals surface area contributed by atoms with Crippen LogP contribution in [0, 0.1) is 6.92 Å². The molecule has 158 valence electrons. The standard InChI is InChI=1S/C7H8O3S.3BF4.Li.H/c1-6-2-4-7(5-3-6)11(8,9)10;3*2-1(3,4)5;;/h2-5H,1H3,(H,8,9,10);;;;;/q;3*-1;+1;-1. The topological polar surface area (TPSA) is 54.4 Å². The molecular weight excluding hydrogens is 431 g/mol. The van der Waals surface area contributed by atoms with Crippen LogP contribution in [0.3, 0.4) is 0 Å². The molecule has 1 aromatic rings. The van der Waals surface area contributed by atoms with Crippen LogP contribution in [0.15, 0.2) is 29.2 Å². The zero-order valence-electron chi connectivity index (χ0n) is 14.2. The van der Waals surface area contributed by atoms with Gasteiger partial charge in [0.05, 0.1) is 4.90 Å². The fraction of sp³-hybridized carbons (Fsp3) is 0.143. The fourth-order valence-electron chi connectivity index (χ4n) is 0.710. The van der Waals surface area contributed by atoms with Gasteiger partial charge in [-0.25, -0.2) is 0 Å². The molecule has 27 heavy (non-hydrogen) atoms. The van der Waals surface area contributed by atoms with Gasteiger partial charge in [-0.05, 0) is 19.1 Å². The minimum absolute atomic E-state index is 0. The Morgan fingerprint density at radius 2 is 0.889 bits per heavy atom. The minimum atomic E-state index is -6.00. The third-order valence-corrected chi connectivity index (χ3v) is 2.19. The van der Waals surface area contributed by atoms with Gasteiger partial charge in [0.1, 0.15) is 0 Å². The Hall–Kier alpha value is -0.918. The van der Waals surface area contributed by atoms with E-state index in [1.54, 1.807) is 12.1 Å². The number of benzene rings is 1. The van der Waals surface area contributed by atoms with Gasteiger partial charge in [0.15, 0.2) is 0 Å². The molecule has 0 aliphatic rings. The van der Waals surface area contributed by atoms with Crippen molar-refractivity contribution < 1.29 is 85.0 Å². The Balaban J connectivity index is -0.0000000896. The van der Waals surface area contributed by atoms with Crippen LogP contribution in [0.2, 0.25) is 0 Å². The second-order valence-corrected chi connectivity index (χ2v) is 5.19. The van der Waals surface area contributed by atoms with Gasteiger partial charge in [-0.2, -0.15) is 8.42 Å². The Labute approximate surface area is 159 Å². The van der Waals surface area contributed by atoms with Gasteiger partial charge in [-0.1, -0.05) is 17.7 Å². The van der Waals surface area contributed by atoms with E-state index < -0.39 is 31.9 Å². The summed E-state index contributed by atoms with van der Waals surface area (Å²) < 4.78 is 147. The zero-order chi connectivity index (χ0) is 22.0. The Morgan fingerprint density at radius 1 is 0.704 bits per heavy atom. The smallest absolute Gasteiger partial charge is 1.00 e. The third-order valence-electron chi connectivity index (χ3n) is 1.32. The van der Waals surface area contributed by atoms with E-state index >= 15 is 0 Å². The predicted octanol–water partition coefficient (Wildman–Crippen LogP) is 2.26. The largest absolute Gasteiger partial charge is 1.00 e. The van der Waals surface area contributed by atoms with Crippen molar-refractivity contribution in [3.05, 3.63) is 29.8 Å². The van der Waals surface area contributed by atoms with Gasteiger partial charge in [0, 0.05) is 0 Å². The van der Waals surface area contributed by atoms with Crippen molar-refractivity contribution >= 4 is 31.9 Å². The summed E-state index contributed by atoms with van der Waals surface area (Å²) in [7, 11) is -22.0. The van der Waals surface area contributed by atoms with E-state index in [4.69, 9.17) is 4.55 Å². The van der Waals surface area contributed by atoms with Gasteiger partial charge in [0.2, 0.25) is 0 Å². The molecule has 1 rings (SSSR count). The first-order chi connectivity index (χ1) is 11.0.